The summed E-state index contributed by atoms with van der Waals surface area (Å²) < 4.78 is 49.6. The summed E-state index contributed by atoms with van der Waals surface area (Å²) in [6.07, 6.45) is 4.37. The number of carbonyl (C=O) groups is 1. The van der Waals surface area contributed by atoms with E-state index in [4.69, 9.17) is 16.3 Å². The van der Waals surface area contributed by atoms with E-state index in [1.807, 2.05) is 0 Å². The number of piperidine rings is 1. The second kappa shape index (κ2) is 8.75. The molecule has 2 aromatic rings. The van der Waals surface area contributed by atoms with Gasteiger partial charge in [0.25, 0.3) is 10.0 Å². The van der Waals surface area contributed by atoms with Crippen LogP contribution < -0.4 is 9.46 Å². The van der Waals surface area contributed by atoms with Gasteiger partial charge in [0.05, 0.1) is 11.1 Å². The monoisotopic (exact) mass is 520 g/mol. The van der Waals surface area contributed by atoms with Crippen molar-refractivity contribution in [3.05, 3.63) is 52.3 Å². The maximum atomic E-state index is 14.4. The molecule has 35 heavy (non-hydrogen) atoms. The topological polar surface area (TPSA) is 75.7 Å². The Bertz CT molecular complexity index is 1280. The minimum atomic E-state index is -4.22. The fourth-order valence-corrected chi connectivity index (χ4v) is 7.04. The molecule has 1 saturated carbocycles. The second-order valence-corrected chi connectivity index (χ2v) is 12.4. The van der Waals surface area contributed by atoms with E-state index in [1.165, 1.54) is 6.07 Å². The highest BCUT2D eigenvalue weighted by Crippen LogP contribution is 2.53. The maximum absolute atomic E-state index is 14.4. The number of anilines is 1. The van der Waals surface area contributed by atoms with Gasteiger partial charge in [0.2, 0.25) is 0 Å². The molecule has 0 amide bonds. The minimum Gasteiger partial charge on any atom is -0.490 e. The first-order chi connectivity index (χ1) is 16.5. The molecule has 5 rings (SSSR count). The summed E-state index contributed by atoms with van der Waals surface area (Å²) in [5, 5.41) is 0.113. The molecule has 2 aliphatic carbocycles. The average molecular weight is 521 g/mol. The molecule has 9 heteroatoms. The summed E-state index contributed by atoms with van der Waals surface area (Å²) >= 11 is 5.79. The van der Waals surface area contributed by atoms with Crippen molar-refractivity contribution in [1.82, 2.24) is 4.90 Å². The van der Waals surface area contributed by atoms with E-state index in [1.54, 1.807) is 12.1 Å². The first-order valence-electron chi connectivity index (χ1n) is 12.1. The van der Waals surface area contributed by atoms with Crippen LogP contribution in [0, 0.1) is 5.82 Å². The van der Waals surface area contributed by atoms with E-state index in [9.17, 15) is 17.6 Å². The highest BCUT2D eigenvalue weighted by Gasteiger charge is 2.51. The zero-order valence-electron chi connectivity index (χ0n) is 20.1. The van der Waals surface area contributed by atoms with Crippen LogP contribution in [0.25, 0.3) is 0 Å². The highest BCUT2D eigenvalue weighted by atomic mass is 35.5. The number of likely N-dealkylation sites (tertiary alicyclic amines) is 1. The van der Waals surface area contributed by atoms with Gasteiger partial charge in [-0.3, -0.25) is 9.52 Å². The molecule has 1 spiro atoms. The van der Waals surface area contributed by atoms with Crippen molar-refractivity contribution in [2.45, 2.75) is 80.9 Å². The van der Waals surface area contributed by atoms with Gasteiger partial charge < -0.3 is 9.64 Å². The summed E-state index contributed by atoms with van der Waals surface area (Å²) in [4.78, 5) is 14.9. The molecule has 2 aromatic carbocycles. The van der Waals surface area contributed by atoms with Crippen LogP contribution in [0.3, 0.4) is 0 Å². The fraction of sp³-hybridized carbons (Fsp3) is 0.500. The first-order valence-corrected chi connectivity index (χ1v) is 13.9. The Morgan fingerprint density at radius 3 is 2.43 bits per heavy atom. The summed E-state index contributed by atoms with van der Waals surface area (Å²) in [6.45, 7) is 4.32. The number of nitrogens with zero attached hydrogens (tertiary/aromatic N) is 1. The van der Waals surface area contributed by atoms with E-state index in [-0.39, 0.29) is 22.6 Å². The Morgan fingerprint density at radius 1 is 1.14 bits per heavy atom. The molecule has 1 aliphatic heterocycles. The van der Waals surface area contributed by atoms with E-state index in [0.29, 0.717) is 24.3 Å². The normalized spacial score (nSPS) is 25.9. The first kappa shape index (κ1) is 24.5. The van der Waals surface area contributed by atoms with Gasteiger partial charge in [0.1, 0.15) is 28.3 Å². The molecule has 1 saturated heterocycles. The summed E-state index contributed by atoms with van der Waals surface area (Å²) in [6, 6.07) is 7.50. The number of benzene rings is 2. The molecule has 6 nitrogen and oxygen atoms in total. The van der Waals surface area contributed by atoms with Crippen molar-refractivity contribution in [1.29, 1.82) is 0 Å². The summed E-state index contributed by atoms with van der Waals surface area (Å²) in [5.41, 5.74) is 1.40. The fourth-order valence-electron chi connectivity index (χ4n) is 5.78. The standard InChI is InChI=1S/C26H30ClFN2O4S/c1-15-9-19(10-16(2)30(15)3)34-23-13-18(12-21-20(23)14-25(31)26(21)7-4-8-26)29-35(32,33)24-6-5-17(27)11-22(24)28/h5-6,11-13,15-16,19,29H,4,7-10,14H2,1-3H3. The van der Waals surface area contributed by atoms with E-state index in [2.05, 4.69) is 30.5 Å². The SMILES string of the molecule is CC1CC(Oc2cc(NS(=O)(=O)c3ccc(Cl)cc3F)cc3c2CC(=O)C32CCC2)CC(C)N1C. The number of Topliss-reactive ketones (excluding diaryl/α,β-unsaturated/α-hetero) is 1. The van der Waals surface area contributed by atoms with Gasteiger partial charge in [0, 0.05) is 35.2 Å². The predicted octanol–water partition coefficient (Wildman–Crippen LogP) is 5.08. The van der Waals surface area contributed by atoms with Crippen molar-refractivity contribution in [2.24, 2.45) is 0 Å². The number of rotatable bonds is 5. The van der Waals surface area contributed by atoms with Gasteiger partial charge in [-0.05, 0) is 76.4 Å². The number of halogens is 2. The van der Waals surface area contributed by atoms with Crippen LogP contribution in [0.1, 0.15) is 57.1 Å². The quantitative estimate of drug-likeness (QED) is 0.595. The van der Waals surface area contributed by atoms with Gasteiger partial charge >= 0.3 is 0 Å². The Balaban J connectivity index is 1.52. The molecular formula is C26H30ClFN2O4S. The van der Waals surface area contributed by atoms with Gasteiger partial charge in [-0.2, -0.15) is 0 Å². The number of sulfonamides is 1. The van der Waals surface area contributed by atoms with Crippen molar-refractivity contribution in [2.75, 3.05) is 11.8 Å². The molecule has 2 fully saturated rings. The smallest absolute Gasteiger partial charge is 0.264 e. The van der Waals surface area contributed by atoms with Crippen molar-refractivity contribution in [3.63, 3.8) is 0 Å². The number of fused-ring (bicyclic) bond motifs is 2. The van der Waals surface area contributed by atoms with Crippen molar-refractivity contribution < 1.29 is 22.3 Å². The lowest BCUT2D eigenvalue weighted by molar-refractivity contribution is -0.125. The number of hydrogen-bond acceptors (Lipinski definition) is 5. The van der Waals surface area contributed by atoms with Crippen LogP contribution >= 0.6 is 11.6 Å². The lowest BCUT2D eigenvalue weighted by Gasteiger charge is -2.40. The van der Waals surface area contributed by atoms with Gasteiger partial charge in [-0.1, -0.05) is 18.0 Å². The second-order valence-electron chi connectivity index (χ2n) is 10.3. The molecule has 2 atom stereocenters. The number of ether oxygens (including phenoxy) is 1. The van der Waals surface area contributed by atoms with E-state index < -0.39 is 26.2 Å². The molecule has 188 valence electrons. The van der Waals surface area contributed by atoms with E-state index in [0.717, 1.165) is 55.4 Å². The van der Waals surface area contributed by atoms with Crippen LogP contribution in [0.15, 0.2) is 35.2 Å². The molecule has 1 heterocycles. The predicted molar refractivity (Wildman–Crippen MR) is 133 cm³/mol. The summed E-state index contributed by atoms with van der Waals surface area (Å²) in [5.74, 6) is -0.220. The van der Waals surface area contributed by atoms with Gasteiger partial charge in [-0.15, -0.1) is 0 Å². The molecule has 0 radical (unpaired) electrons. The molecule has 1 N–H and O–H groups in total. The number of hydrogen-bond donors (Lipinski definition) is 1. The van der Waals surface area contributed by atoms with Crippen LogP contribution in [-0.2, 0) is 26.7 Å². The largest absolute Gasteiger partial charge is 0.490 e. The minimum absolute atomic E-state index is 0.0473. The van der Waals surface area contributed by atoms with Gasteiger partial charge in [-0.25, -0.2) is 12.8 Å². The molecule has 3 aliphatic rings. The zero-order chi connectivity index (χ0) is 25.1. The average Bonchev–Trinajstić information content (AvgIpc) is 3.03. The Hall–Kier alpha value is -2.16. The Morgan fingerprint density at radius 2 is 1.83 bits per heavy atom. The van der Waals surface area contributed by atoms with Gasteiger partial charge in [0.15, 0.2) is 0 Å². The van der Waals surface area contributed by atoms with Crippen molar-refractivity contribution >= 4 is 33.1 Å². The Kier molecular flexibility index (Phi) is 6.13. The molecule has 0 bridgehead atoms. The highest BCUT2D eigenvalue weighted by molar-refractivity contribution is 7.92. The lowest BCUT2D eigenvalue weighted by atomic mass is 9.64. The zero-order valence-corrected chi connectivity index (χ0v) is 21.7. The number of carbonyl (C=O) groups excluding carboxylic acids is 1. The third kappa shape index (κ3) is 4.23. The van der Waals surface area contributed by atoms with Crippen LogP contribution in [0.4, 0.5) is 10.1 Å². The third-order valence-electron chi connectivity index (χ3n) is 8.13. The lowest BCUT2D eigenvalue weighted by Crippen LogP contribution is -2.47. The van der Waals surface area contributed by atoms with E-state index >= 15 is 0 Å². The van der Waals surface area contributed by atoms with Crippen molar-refractivity contribution in [3.8, 4) is 5.75 Å². The van der Waals surface area contributed by atoms with Crippen LogP contribution in [0.5, 0.6) is 5.75 Å². The molecular weight excluding hydrogens is 491 g/mol. The molecule has 0 aromatic heterocycles. The Labute approximate surface area is 210 Å². The van der Waals surface area contributed by atoms with Crippen LogP contribution in [-0.4, -0.2) is 44.3 Å². The van der Waals surface area contributed by atoms with Crippen LogP contribution in [0.2, 0.25) is 5.02 Å². The molecule has 2 unspecified atom stereocenters. The summed E-state index contributed by atoms with van der Waals surface area (Å²) in [7, 11) is -2.12. The maximum Gasteiger partial charge on any atom is 0.264 e. The third-order valence-corrected chi connectivity index (χ3v) is 9.78. The number of nitrogens with one attached hydrogen (secondary N) is 1. The number of ketones is 1.